The highest BCUT2D eigenvalue weighted by Gasteiger charge is 2.10. The Labute approximate surface area is 103 Å². The number of tetrazole rings is 1. The van der Waals surface area contributed by atoms with Crippen molar-refractivity contribution >= 4 is 23.5 Å². The highest BCUT2D eigenvalue weighted by Crippen LogP contribution is 2.08. The van der Waals surface area contributed by atoms with E-state index < -0.39 is 5.97 Å². The number of Topliss-reactive ketones (excluding diaryl/α,β-unsaturated/α-hetero) is 1. The zero-order chi connectivity index (χ0) is 12.7. The summed E-state index contributed by atoms with van der Waals surface area (Å²) in [6.45, 7) is 2.00. The van der Waals surface area contributed by atoms with Crippen LogP contribution in [0.2, 0.25) is 0 Å². The molecule has 0 fully saturated rings. The van der Waals surface area contributed by atoms with Gasteiger partial charge in [0, 0.05) is 0 Å². The Morgan fingerprint density at radius 2 is 2.24 bits per heavy atom. The summed E-state index contributed by atoms with van der Waals surface area (Å²) < 4.78 is 4.67. The van der Waals surface area contributed by atoms with Gasteiger partial charge in [0.25, 0.3) is 0 Å². The molecule has 0 saturated heterocycles. The van der Waals surface area contributed by atoms with Crippen LogP contribution in [0.4, 0.5) is 0 Å². The van der Waals surface area contributed by atoms with Crippen molar-refractivity contribution in [3.05, 3.63) is 5.82 Å². The van der Waals surface area contributed by atoms with Crippen molar-refractivity contribution in [2.75, 3.05) is 12.4 Å². The Hall–Kier alpha value is -1.44. The van der Waals surface area contributed by atoms with Crippen LogP contribution in [0.3, 0.4) is 0 Å². The molecule has 0 atom stereocenters. The summed E-state index contributed by atoms with van der Waals surface area (Å²) in [5.74, 6) is 0.689. The molecule has 0 amide bonds. The quantitative estimate of drug-likeness (QED) is 0.501. The fraction of sp³-hybridized carbons (Fsp3) is 0.667. The molecule has 0 unspecified atom stereocenters. The Morgan fingerprint density at radius 1 is 1.47 bits per heavy atom. The van der Waals surface area contributed by atoms with Gasteiger partial charge in [-0.05, 0) is 12.1 Å². The van der Waals surface area contributed by atoms with Gasteiger partial charge < -0.3 is 4.74 Å². The lowest BCUT2D eigenvalue weighted by Gasteiger charge is -2.00. The number of aromatic nitrogens is 4. The number of rotatable bonds is 7. The lowest BCUT2D eigenvalue weighted by atomic mass is 10.3. The number of carbonyl (C=O) groups excluding carboxylic acids is 2. The Morgan fingerprint density at radius 3 is 2.82 bits per heavy atom. The van der Waals surface area contributed by atoms with Crippen molar-refractivity contribution in [2.24, 2.45) is 7.05 Å². The molecule has 0 aliphatic rings. The van der Waals surface area contributed by atoms with Crippen molar-refractivity contribution in [1.29, 1.82) is 0 Å². The van der Waals surface area contributed by atoms with Crippen molar-refractivity contribution in [2.45, 2.75) is 19.1 Å². The van der Waals surface area contributed by atoms with Gasteiger partial charge in [-0.1, -0.05) is 0 Å². The molecule has 0 radical (unpaired) electrons. The predicted molar refractivity (Wildman–Crippen MR) is 61.2 cm³/mol. The van der Waals surface area contributed by atoms with Gasteiger partial charge in [0.2, 0.25) is 0 Å². The van der Waals surface area contributed by atoms with Crippen molar-refractivity contribution in [3.8, 4) is 0 Å². The standard InChI is InChI=1S/C9H14N4O3S/c1-3-16-9(15)4-7(14)5-17-6-8-10-12-13(2)11-8/h3-6H2,1-2H3. The van der Waals surface area contributed by atoms with Crippen LogP contribution in [-0.2, 0) is 27.1 Å². The van der Waals surface area contributed by atoms with Crippen LogP contribution in [0.15, 0.2) is 0 Å². The second-order valence-electron chi connectivity index (χ2n) is 3.21. The van der Waals surface area contributed by atoms with E-state index in [9.17, 15) is 9.59 Å². The molecular weight excluding hydrogens is 244 g/mol. The maximum Gasteiger partial charge on any atom is 0.313 e. The Balaban J connectivity index is 2.18. The number of nitrogens with zero attached hydrogens (tertiary/aromatic N) is 4. The SMILES string of the molecule is CCOC(=O)CC(=O)CSCc1nnn(C)n1. The maximum atomic E-state index is 11.3. The molecule has 0 N–H and O–H groups in total. The van der Waals surface area contributed by atoms with Crippen LogP contribution in [0.25, 0.3) is 0 Å². The third kappa shape index (κ3) is 5.43. The van der Waals surface area contributed by atoms with Gasteiger partial charge in [-0.15, -0.1) is 22.0 Å². The summed E-state index contributed by atoms with van der Waals surface area (Å²) in [6.07, 6.45) is -0.172. The third-order valence-electron chi connectivity index (χ3n) is 1.69. The number of thioether (sulfide) groups is 1. The van der Waals surface area contributed by atoms with E-state index in [1.165, 1.54) is 16.6 Å². The van der Waals surface area contributed by atoms with Crippen LogP contribution in [0.1, 0.15) is 19.2 Å². The molecule has 94 valence electrons. The van der Waals surface area contributed by atoms with E-state index in [0.717, 1.165) is 0 Å². The summed E-state index contributed by atoms with van der Waals surface area (Å²) in [4.78, 5) is 23.7. The van der Waals surface area contributed by atoms with E-state index in [0.29, 0.717) is 18.2 Å². The van der Waals surface area contributed by atoms with Gasteiger partial charge in [0.1, 0.15) is 6.42 Å². The number of hydrogen-bond acceptors (Lipinski definition) is 7. The summed E-state index contributed by atoms with van der Waals surface area (Å²) in [7, 11) is 1.67. The number of ketones is 1. The number of hydrogen-bond donors (Lipinski definition) is 0. The van der Waals surface area contributed by atoms with Gasteiger partial charge in [-0.3, -0.25) is 9.59 Å². The fourth-order valence-electron chi connectivity index (χ4n) is 1.06. The second-order valence-corrected chi connectivity index (χ2v) is 4.19. The zero-order valence-electron chi connectivity index (χ0n) is 9.75. The largest absolute Gasteiger partial charge is 0.466 e. The maximum absolute atomic E-state index is 11.3. The van der Waals surface area contributed by atoms with Crippen molar-refractivity contribution in [3.63, 3.8) is 0 Å². The lowest BCUT2D eigenvalue weighted by molar-refractivity contribution is -0.145. The van der Waals surface area contributed by atoms with Crippen LogP contribution < -0.4 is 0 Å². The smallest absolute Gasteiger partial charge is 0.313 e. The van der Waals surface area contributed by atoms with Crippen LogP contribution in [-0.4, -0.2) is 44.3 Å². The Bertz CT molecular complexity index is 393. The second kappa shape index (κ2) is 7.00. The average molecular weight is 258 g/mol. The molecule has 17 heavy (non-hydrogen) atoms. The monoisotopic (exact) mass is 258 g/mol. The highest BCUT2D eigenvalue weighted by molar-refractivity contribution is 7.99. The average Bonchev–Trinajstić information content (AvgIpc) is 2.64. The van der Waals surface area contributed by atoms with E-state index in [1.807, 2.05) is 0 Å². The first-order valence-corrected chi connectivity index (χ1v) is 6.25. The Kier molecular flexibility index (Phi) is 5.61. The molecule has 0 bridgehead atoms. The first-order chi connectivity index (χ1) is 8.11. The van der Waals surface area contributed by atoms with Crippen molar-refractivity contribution in [1.82, 2.24) is 20.2 Å². The minimum absolute atomic E-state index is 0.155. The molecule has 7 nitrogen and oxygen atoms in total. The molecule has 0 aliphatic heterocycles. The van der Waals surface area contributed by atoms with E-state index in [2.05, 4.69) is 20.1 Å². The number of esters is 1. The normalized spacial score (nSPS) is 10.2. The number of carbonyl (C=O) groups is 2. The van der Waals surface area contributed by atoms with Gasteiger partial charge in [0.05, 0.1) is 25.2 Å². The van der Waals surface area contributed by atoms with Crippen LogP contribution >= 0.6 is 11.8 Å². The number of aryl methyl sites for hydroxylation is 1. The minimum atomic E-state index is -0.476. The third-order valence-corrected chi connectivity index (χ3v) is 2.68. The first-order valence-electron chi connectivity index (χ1n) is 5.09. The summed E-state index contributed by atoms with van der Waals surface area (Å²) in [5.41, 5.74) is 0. The highest BCUT2D eigenvalue weighted by atomic mass is 32.2. The van der Waals surface area contributed by atoms with Crippen molar-refractivity contribution < 1.29 is 14.3 Å². The fourth-order valence-corrected chi connectivity index (χ4v) is 1.79. The lowest BCUT2D eigenvalue weighted by Crippen LogP contribution is -2.12. The summed E-state index contributed by atoms with van der Waals surface area (Å²) in [5, 5.41) is 11.4. The van der Waals surface area contributed by atoms with Crippen LogP contribution in [0, 0.1) is 0 Å². The van der Waals surface area contributed by atoms with Gasteiger partial charge in [-0.2, -0.15) is 4.80 Å². The first kappa shape index (κ1) is 13.6. The number of ether oxygens (including phenoxy) is 1. The molecule has 0 spiro atoms. The summed E-state index contributed by atoms with van der Waals surface area (Å²) >= 11 is 1.35. The molecule has 1 aromatic heterocycles. The molecule has 1 heterocycles. The van der Waals surface area contributed by atoms with E-state index in [-0.39, 0.29) is 18.0 Å². The zero-order valence-corrected chi connectivity index (χ0v) is 10.6. The molecule has 0 aromatic carbocycles. The van der Waals surface area contributed by atoms with Gasteiger partial charge >= 0.3 is 5.97 Å². The molecule has 1 aromatic rings. The summed E-state index contributed by atoms with van der Waals surface area (Å²) in [6, 6.07) is 0. The predicted octanol–water partition coefficient (Wildman–Crippen LogP) is -0.0344. The van der Waals surface area contributed by atoms with Gasteiger partial charge in [-0.25, -0.2) is 0 Å². The molecular formula is C9H14N4O3S. The van der Waals surface area contributed by atoms with Crippen LogP contribution in [0.5, 0.6) is 0 Å². The molecule has 0 aliphatic carbocycles. The van der Waals surface area contributed by atoms with E-state index in [4.69, 9.17) is 0 Å². The molecule has 8 heteroatoms. The molecule has 0 saturated carbocycles. The topological polar surface area (TPSA) is 87.0 Å². The molecule has 1 rings (SSSR count). The minimum Gasteiger partial charge on any atom is -0.466 e. The van der Waals surface area contributed by atoms with E-state index in [1.54, 1.807) is 14.0 Å². The van der Waals surface area contributed by atoms with Gasteiger partial charge in [0.15, 0.2) is 11.6 Å². The van der Waals surface area contributed by atoms with E-state index >= 15 is 0 Å².